The minimum Gasteiger partial charge on any atom is -0.355 e. The van der Waals surface area contributed by atoms with Crippen LogP contribution in [0.25, 0.3) is 17.0 Å². The van der Waals surface area contributed by atoms with Gasteiger partial charge in [0.25, 0.3) is 5.91 Å². The summed E-state index contributed by atoms with van der Waals surface area (Å²) < 4.78 is 7.13. The molecule has 0 bridgehead atoms. The van der Waals surface area contributed by atoms with Crippen molar-refractivity contribution in [1.29, 1.82) is 0 Å². The lowest BCUT2D eigenvalue weighted by molar-refractivity contribution is 0.101. The average molecular weight is 407 g/mol. The number of nitrogens with one attached hydrogen (secondary N) is 1. The maximum Gasteiger partial charge on any atom is 0.277 e. The van der Waals surface area contributed by atoms with Crippen LogP contribution in [0.4, 0.5) is 5.69 Å². The van der Waals surface area contributed by atoms with Gasteiger partial charge in [0, 0.05) is 16.7 Å². The summed E-state index contributed by atoms with van der Waals surface area (Å²) in [6, 6.07) is 16.8. The number of amides is 1. The zero-order valence-electron chi connectivity index (χ0n) is 16.2. The van der Waals surface area contributed by atoms with Crippen molar-refractivity contribution >= 4 is 23.2 Å². The number of aryl methyl sites for hydroxylation is 2. The van der Waals surface area contributed by atoms with Crippen molar-refractivity contribution in [3.05, 3.63) is 82.3 Å². The first-order valence-corrected chi connectivity index (χ1v) is 9.47. The van der Waals surface area contributed by atoms with Crippen molar-refractivity contribution in [3.63, 3.8) is 0 Å². The van der Waals surface area contributed by atoms with Crippen LogP contribution in [-0.2, 0) is 0 Å². The van der Waals surface area contributed by atoms with E-state index in [-0.39, 0.29) is 11.6 Å². The van der Waals surface area contributed by atoms with E-state index in [0.29, 0.717) is 16.5 Å². The maximum atomic E-state index is 12.7. The molecule has 0 unspecified atom stereocenters. The zero-order valence-corrected chi connectivity index (χ0v) is 17.0. The molecule has 0 aliphatic carbocycles. The highest BCUT2D eigenvalue weighted by molar-refractivity contribution is 6.30. The molecule has 0 saturated heterocycles. The summed E-state index contributed by atoms with van der Waals surface area (Å²) in [7, 11) is 0. The van der Waals surface area contributed by atoms with E-state index in [1.807, 2.05) is 61.9 Å². The van der Waals surface area contributed by atoms with E-state index in [1.54, 1.807) is 18.2 Å². The number of anilines is 1. The number of nitrogens with zero attached hydrogens (tertiary/aromatic N) is 3. The Balaban J connectivity index is 1.57. The van der Waals surface area contributed by atoms with Crippen molar-refractivity contribution in [2.45, 2.75) is 20.8 Å². The fourth-order valence-corrected chi connectivity index (χ4v) is 3.20. The lowest BCUT2D eigenvalue weighted by atomic mass is 10.1. The van der Waals surface area contributed by atoms with Crippen LogP contribution in [0, 0.1) is 20.8 Å². The quantitative estimate of drug-likeness (QED) is 0.495. The molecule has 0 fully saturated rings. The smallest absolute Gasteiger partial charge is 0.277 e. The van der Waals surface area contributed by atoms with E-state index < -0.39 is 0 Å². The van der Waals surface area contributed by atoms with Gasteiger partial charge in [-0.15, -0.1) is 0 Å². The van der Waals surface area contributed by atoms with E-state index in [2.05, 4.69) is 15.6 Å². The molecule has 2 aromatic carbocycles. The highest BCUT2D eigenvalue weighted by atomic mass is 35.5. The van der Waals surface area contributed by atoms with Gasteiger partial charge in [-0.3, -0.25) is 4.79 Å². The van der Waals surface area contributed by atoms with Crippen LogP contribution in [0.15, 0.2) is 59.1 Å². The second kappa shape index (κ2) is 7.56. The summed E-state index contributed by atoms with van der Waals surface area (Å²) in [6.45, 7) is 5.81. The maximum absolute atomic E-state index is 12.7. The van der Waals surface area contributed by atoms with Crippen LogP contribution in [0.1, 0.15) is 27.4 Å². The van der Waals surface area contributed by atoms with Gasteiger partial charge < -0.3 is 9.84 Å². The minimum absolute atomic E-state index is 0.192. The molecule has 2 heterocycles. The molecule has 2 aromatic heterocycles. The molecule has 0 saturated carbocycles. The monoisotopic (exact) mass is 406 g/mol. The van der Waals surface area contributed by atoms with Gasteiger partial charge in [-0.05, 0) is 57.2 Å². The zero-order chi connectivity index (χ0) is 20.5. The summed E-state index contributed by atoms with van der Waals surface area (Å²) in [5.74, 6) is 0.138. The van der Waals surface area contributed by atoms with Crippen molar-refractivity contribution in [1.82, 2.24) is 14.9 Å². The number of carbonyl (C=O) groups is 1. The van der Waals surface area contributed by atoms with Crippen molar-refractivity contribution in [2.75, 3.05) is 5.32 Å². The molecule has 7 heteroatoms. The topological polar surface area (TPSA) is 73.0 Å². The molecule has 29 heavy (non-hydrogen) atoms. The molecule has 4 rings (SSSR count). The molecule has 0 radical (unpaired) electrons. The molecule has 0 atom stereocenters. The second-order valence-electron chi connectivity index (χ2n) is 6.83. The van der Waals surface area contributed by atoms with Gasteiger partial charge >= 0.3 is 0 Å². The van der Waals surface area contributed by atoms with Gasteiger partial charge in [-0.25, -0.2) is 4.68 Å². The Bertz CT molecular complexity index is 1170. The van der Waals surface area contributed by atoms with Crippen LogP contribution in [-0.4, -0.2) is 20.8 Å². The molecule has 0 spiro atoms. The predicted molar refractivity (Wildman–Crippen MR) is 113 cm³/mol. The molecular weight excluding hydrogens is 388 g/mol. The van der Waals surface area contributed by atoms with Crippen molar-refractivity contribution < 1.29 is 9.32 Å². The Kier molecular flexibility index (Phi) is 4.94. The molecular formula is C22H19ClN4O2. The van der Waals surface area contributed by atoms with Gasteiger partial charge in [0.15, 0.2) is 11.5 Å². The summed E-state index contributed by atoms with van der Waals surface area (Å²) in [5.41, 5.74) is 5.30. The summed E-state index contributed by atoms with van der Waals surface area (Å²) in [5, 5.41) is 12.0. The Morgan fingerprint density at radius 3 is 2.41 bits per heavy atom. The molecule has 146 valence electrons. The highest BCUT2D eigenvalue weighted by Gasteiger charge is 2.19. The summed E-state index contributed by atoms with van der Waals surface area (Å²) in [4.78, 5) is 12.7. The van der Waals surface area contributed by atoms with Crippen molar-refractivity contribution in [3.8, 4) is 17.0 Å². The van der Waals surface area contributed by atoms with E-state index in [1.165, 1.54) is 5.56 Å². The second-order valence-corrected chi connectivity index (χ2v) is 7.27. The number of aromatic nitrogens is 3. The summed E-state index contributed by atoms with van der Waals surface area (Å²) in [6.07, 6.45) is 0. The highest BCUT2D eigenvalue weighted by Crippen LogP contribution is 2.25. The number of hydrogen-bond donors (Lipinski definition) is 1. The summed E-state index contributed by atoms with van der Waals surface area (Å²) >= 11 is 5.91. The third kappa shape index (κ3) is 3.79. The van der Waals surface area contributed by atoms with Crippen LogP contribution in [0.3, 0.4) is 0 Å². The molecule has 1 N–H and O–H groups in total. The van der Waals surface area contributed by atoms with Gasteiger partial charge in [0.2, 0.25) is 0 Å². The van der Waals surface area contributed by atoms with Crippen LogP contribution in [0.5, 0.6) is 0 Å². The normalized spacial score (nSPS) is 10.9. The first-order valence-electron chi connectivity index (χ1n) is 9.09. The Labute approximate surface area is 173 Å². The van der Waals surface area contributed by atoms with E-state index >= 15 is 0 Å². The predicted octanol–water partition coefficient (Wildman–Crippen LogP) is 5.36. The number of rotatable bonds is 4. The Hall–Kier alpha value is -3.38. The third-order valence-electron chi connectivity index (χ3n) is 4.68. The molecule has 0 aliphatic rings. The van der Waals surface area contributed by atoms with Gasteiger partial charge in [-0.1, -0.05) is 34.5 Å². The fourth-order valence-electron chi connectivity index (χ4n) is 3.07. The van der Waals surface area contributed by atoms with Crippen LogP contribution in [0.2, 0.25) is 5.02 Å². The average Bonchev–Trinajstić information content (AvgIpc) is 3.30. The Morgan fingerprint density at radius 1 is 1.03 bits per heavy atom. The van der Waals surface area contributed by atoms with Gasteiger partial charge in [0.05, 0.1) is 22.8 Å². The van der Waals surface area contributed by atoms with Crippen molar-refractivity contribution in [2.24, 2.45) is 0 Å². The lowest BCUT2D eigenvalue weighted by Crippen LogP contribution is -2.13. The number of benzene rings is 2. The minimum atomic E-state index is -0.358. The SMILES string of the molecule is Cc1ccc(-n2nc(C)c(NC(=O)c3cc(-c4ccc(Cl)cc4)on3)c2C)cc1. The van der Waals surface area contributed by atoms with Crippen LogP contribution >= 0.6 is 11.6 Å². The number of halogens is 1. The molecule has 6 nitrogen and oxygen atoms in total. The first-order chi connectivity index (χ1) is 13.9. The number of hydrogen-bond acceptors (Lipinski definition) is 4. The van der Waals surface area contributed by atoms with Crippen LogP contribution < -0.4 is 5.32 Å². The standard InChI is InChI=1S/C22H19ClN4O2/c1-13-4-10-18(11-5-13)27-15(3)21(14(2)25-27)24-22(28)19-12-20(29-26-19)16-6-8-17(23)9-7-16/h4-12H,1-3H3,(H,24,28). The lowest BCUT2D eigenvalue weighted by Gasteiger charge is -2.06. The molecule has 0 aliphatic heterocycles. The molecule has 1 amide bonds. The first kappa shape index (κ1) is 19.0. The molecule has 4 aromatic rings. The van der Waals surface area contributed by atoms with E-state index in [4.69, 9.17) is 16.1 Å². The van der Waals surface area contributed by atoms with Gasteiger partial charge in [-0.2, -0.15) is 5.10 Å². The van der Waals surface area contributed by atoms with E-state index in [9.17, 15) is 4.79 Å². The largest absolute Gasteiger partial charge is 0.355 e. The van der Waals surface area contributed by atoms with E-state index in [0.717, 1.165) is 22.6 Å². The van der Waals surface area contributed by atoms with Gasteiger partial charge in [0.1, 0.15) is 0 Å². The Morgan fingerprint density at radius 2 is 1.72 bits per heavy atom. The fraction of sp³-hybridized carbons (Fsp3) is 0.136. The number of carbonyl (C=O) groups excluding carboxylic acids is 1. The third-order valence-corrected chi connectivity index (χ3v) is 4.93.